The fourth-order valence-corrected chi connectivity index (χ4v) is 2.10. The summed E-state index contributed by atoms with van der Waals surface area (Å²) < 4.78 is 5.02. The lowest BCUT2D eigenvalue weighted by molar-refractivity contribution is 0.178. The van der Waals surface area contributed by atoms with Crippen LogP contribution in [0.3, 0.4) is 0 Å². The molecule has 3 atom stereocenters. The summed E-state index contributed by atoms with van der Waals surface area (Å²) in [5.41, 5.74) is 0. The fraction of sp³-hybridized carbons (Fsp3) is 1.00. The maximum atomic E-state index is 5.02. The van der Waals surface area contributed by atoms with Gasteiger partial charge in [0.2, 0.25) is 0 Å². The third kappa shape index (κ3) is 3.65. The molecule has 0 amide bonds. The molecule has 78 valence electrons. The smallest absolute Gasteiger partial charge is 0.0587 e. The SMILES string of the molecule is COCCN[C@@H]1CC[C@H](C)[C@@H](C)C1. The fourth-order valence-electron chi connectivity index (χ4n) is 2.10. The van der Waals surface area contributed by atoms with Gasteiger partial charge in [0, 0.05) is 19.7 Å². The van der Waals surface area contributed by atoms with E-state index in [1.165, 1.54) is 19.3 Å². The normalized spacial score (nSPS) is 34.8. The van der Waals surface area contributed by atoms with Crippen molar-refractivity contribution >= 4 is 0 Å². The van der Waals surface area contributed by atoms with Gasteiger partial charge in [-0.2, -0.15) is 0 Å². The van der Waals surface area contributed by atoms with Gasteiger partial charge in [-0.15, -0.1) is 0 Å². The second-order valence-electron chi connectivity index (χ2n) is 4.41. The van der Waals surface area contributed by atoms with E-state index < -0.39 is 0 Å². The summed E-state index contributed by atoms with van der Waals surface area (Å²) in [4.78, 5) is 0. The van der Waals surface area contributed by atoms with Crippen LogP contribution in [0.25, 0.3) is 0 Å². The zero-order chi connectivity index (χ0) is 9.68. The van der Waals surface area contributed by atoms with Crippen LogP contribution in [-0.2, 0) is 4.74 Å². The van der Waals surface area contributed by atoms with Crippen LogP contribution in [-0.4, -0.2) is 26.3 Å². The van der Waals surface area contributed by atoms with E-state index in [0.717, 1.165) is 31.0 Å². The van der Waals surface area contributed by atoms with Crippen molar-refractivity contribution in [2.75, 3.05) is 20.3 Å². The topological polar surface area (TPSA) is 21.3 Å². The van der Waals surface area contributed by atoms with Gasteiger partial charge >= 0.3 is 0 Å². The summed E-state index contributed by atoms with van der Waals surface area (Å²) in [7, 11) is 1.76. The molecule has 1 aliphatic rings. The first-order valence-electron chi connectivity index (χ1n) is 5.46. The summed E-state index contributed by atoms with van der Waals surface area (Å²) in [5, 5.41) is 3.55. The second kappa shape index (κ2) is 5.61. The lowest BCUT2D eigenvalue weighted by atomic mass is 9.79. The maximum Gasteiger partial charge on any atom is 0.0587 e. The van der Waals surface area contributed by atoms with Crippen molar-refractivity contribution in [1.82, 2.24) is 5.32 Å². The van der Waals surface area contributed by atoms with E-state index >= 15 is 0 Å². The van der Waals surface area contributed by atoms with E-state index in [1.807, 2.05) is 0 Å². The molecule has 0 aromatic rings. The van der Waals surface area contributed by atoms with Gasteiger partial charge in [0.25, 0.3) is 0 Å². The standard InChI is InChI=1S/C11H23NO/c1-9-4-5-11(8-10(9)2)12-6-7-13-3/h9-12H,4-8H2,1-3H3/t9-,10-,11+/m0/s1. The highest BCUT2D eigenvalue weighted by molar-refractivity contribution is 4.79. The number of ether oxygens (including phenoxy) is 1. The Balaban J connectivity index is 2.14. The average molecular weight is 185 g/mol. The van der Waals surface area contributed by atoms with Crippen LogP contribution in [0.15, 0.2) is 0 Å². The van der Waals surface area contributed by atoms with Crippen molar-refractivity contribution in [2.45, 2.75) is 39.2 Å². The summed E-state index contributed by atoms with van der Waals surface area (Å²) in [5.74, 6) is 1.80. The molecule has 1 N–H and O–H groups in total. The Morgan fingerprint density at radius 2 is 2.00 bits per heavy atom. The summed E-state index contributed by atoms with van der Waals surface area (Å²) in [6, 6.07) is 0.737. The average Bonchev–Trinajstić information content (AvgIpc) is 2.12. The van der Waals surface area contributed by atoms with Crippen molar-refractivity contribution in [1.29, 1.82) is 0 Å². The Morgan fingerprint density at radius 3 is 2.62 bits per heavy atom. The van der Waals surface area contributed by atoms with Crippen LogP contribution in [0.4, 0.5) is 0 Å². The highest BCUT2D eigenvalue weighted by atomic mass is 16.5. The predicted octanol–water partition coefficient (Wildman–Crippen LogP) is 2.05. The zero-order valence-corrected chi connectivity index (χ0v) is 9.18. The molecule has 2 heteroatoms. The molecule has 13 heavy (non-hydrogen) atoms. The third-order valence-corrected chi connectivity index (χ3v) is 3.34. The van der Waals surface area contributed by atoms with Crippen LogP contribution >= 0.6 is 0 Å². The molecule has 1 aliphatic carbocycles. The first-order valence-corrected chi connectivity index (χ1v) is 5.46. The molecule has 0 aromatic carbocycles. The van der Waals surface area contributed by atoms with Crippen LogP contribution in [0, 0.1) is 11.8 Å². The first kappa shape index (κ1) is 11.0. The molecule has 0 aliphatic heterocycles. The maximum absolute atomic E-state index is 5.02. The van der Waals surface area contributed by atoms with E-state index in [0.29, 0.717) is 0 Å². The number of hydrogen-bond acceptors (Lipinski definition) is 2. The van der Waals surface area contributed by atoms with Gasteiger partial charge in [-0.3, -0.25) is 0 Å². The Bertz CT molecular complexity index is 138. The minimum atomic E-state index is 0.737. The molecule has 0 aromatic heterocycles. The minimum absolute atomic E-state index is 0.737. The lowest BCUT2D eigenvalue weighted by Gasteiger charge is -2.32. The molecular weight excluding hydrogens is 162 g/mol. The monoisotopic (exact) mass is 185 g/mol. The largest absolute Gasteiger partial charge is 0.383 e. The minimum Gasteiger partial charge on any atom is -0.383 e. The van der Waals surface area contributed by atoms with Crippen molar-refractivity contribution < 1.29 is 4.74 Å². The Labute approximate surface area is 82.0 Å². The number of rotatable bonds is 4. The number of nitrogens with one attached hydrogen (secondary N) is 1. The molecule has 0 heterocycles. The molecule has 2 nitrogen and oxygen atoms in total. The summed E-state index contributed by atoms with van der Waals surface area (Å²) in [6.45, 7) is 6.58. The molecule has 0 saturated heterocycles. The molecular formula is C11H23NO. The van der Waals surface area contributed by atoms with E-state index in [4.69, 9.17) is 4.74 Å². The molecule has 0 spiro atoms. The third-order valence-electron chi connectivity index (χ3n) is 3.34. The van der Waals surface area contributed by atoms with Gasteiger partial charge in [-0.05, 0) is 31.1 Å². The Hall–Kier alpha value is -0.0800. The molecule has 1 saturated carbocycles. The van der Waals surface area contributed by atoms with Gasteiger partial charge in [0.1, 0.15) is 0 Å². The van der Waals surface area contributed by atoms with E-state index in [-0.39, 0.29) is 0 Å². The molecule has 1 rings (SSSR count). The van der Waals surface area contributed by atoms with Gasteiger partial charge in [-0.25, -0.2) is 0 Å². The highest BCUT2D eigenvalue weighted by Crippen LogP contribution is 2.29. The van der Waals surface area contributed by atoms with E-state index in [1.54, 1.807) is 7.11 Å². The molecule has 1 fully saturated rings. The second-order valence-corrected chi connectivity index (χ2v) is 4.41. The van der Waals surface area contributed by atoms with Crippen molar-refractivity contribution in [3.8, 4) is 0 Å². The van der Waals surface area contributed by atoms with E-state index in [2.05, 4.69) is 19.2 Å². The first-order chi connectivity index (χ1) is 6.24. The van der Waals surface area contributed by atoms with Crippen LogP contribution in [0.5, 0.6) is 0 Å². The Kier molecular flexibility index (Phi) is 4.74. The summed E-state index contributed by atoms with van der Waals surface area (Å²) in [6.07, 6.45) is 4.06. The molecule has 0 unspecified atom stereocenters. The molecule has 0 radical (unpaired) electrons. The van der Waals surface area contributed by atoms with Gasteiger partial charge in [0.05, 0.1) is 6.61 Å². The van der Waals surface area contributed by atoms with Crippen molar-refractivity contribution in [3.63, 3.8) is 0 Å². The Morgan fingerprint density at radius 1 is 1.23 bits per heavy atom. The van der Waals surface area contributed by atoms with Crippen molar-refractivity contribution in [2.24, 2.45) is 11.8 Å². The quantitative estimate of drug-likeness (QED) is 0.677. The van der Waals surface area contributed by atoms with Gasteiger partial charge in [0.15, 0.2) is 0 Å². The van der Waals surface area contributed by atoms with Crippen molar-refractivity contribution in [3.05, 3.63) is 0 Å². The van der Waals surface area contributed by atoms with Crippen LogP contribution in [0.2, 0.25) is 0 Å². The number of methoxy groups -OCH3 is 1. The zero-order valence-electron chi connectivity index (χ0n) is 9.18. The summed E-state index contributed by atoms with van der Waals surface area (Å²) >= 11 is 0. The van der Waals surface area contributed by atoms with Crippen LogP contribution in [0.1, 0.15) is 33.1 Å². The van der Waals surface area contributed by atoms with Crippen LogP contribution < -0.4 is 5.32 Å². The number of hydrogen-bond donors (Lipinski definition) is 1. The van der Waals surface area contributed by atoms with Gasteiger partial charge < -0.3 is 10.1 Å². The highest BCUT2D eigenvalue weighted by Gasteiger charge is 2.23. The van der Waals surface area contributed by atoms with Gasteiger partial charge in [-0.1, -0.05) is 13.8 Å². The predicted molar refractivity (Wildman–Crippen MR) is 55.8 cm³/mol. The van der Waals surface area contributed by atoms with E-state index in [9.17, 15) is 0 Å². The lowest BCUT2D eigenvalue weighted by Crippen LogP contribution is -2.37. The molecule has 0 bridgehead atoms.